The molecule has 3 aromatic rings. The van der Waals surface area contributed by atoms with Crippen molar-refractivity contribution in [3.05, 3.63) is 77.7 Å². The van der Waals surface area contributed by atoms with Gasteiger partial charge in [0.1, 0.15) is 23.1 Å². The third-order valence-corrected chi connectivity index (χ3v) is 3.82. The van der Waals surface area contributed by atoms with Crippen LogP contribution in [0.2, 0.25) is 0 Å². The molecule has 0 saturated heterocycles. The first-order valence-electron chi connectivity index (χ1n) is 8.82. The Hall–Kier alpha value is -3.41. The number of aryl methyl sites for hydroxylation is 1. The molecule has 138 valence electrons. The van der Waals surface area contributed by atoms with Gasteiger partial charge in [-0.25, -0.2) is 9.97 Å². The van der Waals surface area contributed by atoms with Gasteiger partial charge in [-0.2, -0.15) is 0 Å². The molecule has 6 nitrogen and oxygen atoms in total. The molecule has 0 spiro atoms. The number of benzene rings is 2. The molecular weight excluding hydrogens is 340 g/mol. The Morgan fingerprint density at radius 2 is 1.78 bits per heavy atom. The summed E-state index contributed by atoms with van der Waals surface area (Å²) < 4.78 is 5.62. The number of carbonyl (C=O) groups excluding carboxylic acids is 1. The summed E-state index contributed by atoms with van der Waals surface area (Å²) in [4.78, 5) is 21.1. The summed E-state index contributed by atoms with van der Waals surface area (Å²) in [6, 6.07) is 19.0. The van der Waals surface area contributed by atoms with E-state index in [0.717, 1.165) is 17.0 Å². The summed E-state index contributed by atoms with van der Waals surface area (Å²) in [6.07, 6.45) is 0. The Bertz CT molecular complexity index is 913. The molecule has 3 rings (SSSR count). The molecule has 0 aliphatic rings. The molecule has 2 N–H and O–H groups in total. The predicted octanol–water partition coefficient (Wildman–Crippen LogP) is 3.86. The molecule has 0 radical (unpaired) electrons. The standard InChI is InChI=1S/C21H22N4O2/c1-3-27-19-12-8-7-11-17(19)25-20-13-18(23-15(2)24-20)21(26)22-14-16-9-5-4-6-10-16/h4-13H,3,14H2,1-2H3,(H,22,26)(H,23,24,25). The summed E-state index contributed by atoms with van der Waals surface area (Å²) >= 11 is 0. The first-order valence-corrected chi connectivity index (χ1v) is 8.82. The summed E-state index contributed by atoms with van der Waals surface area (Å²) in [5.74, 6) is 1.54. The lowest BCUT2D eigenvalue weighted by Crippen LogP contribution is -2.24. The van der Waals surface area contributed by atoms with Crippen LogP contribution in [0, 0.1) is 6.92 Å². The van der Waals surface area contributed by atoms with Gasteiger partial charge in [0.25, 0.3) is 5.91 Å². The summed E-state index contributed by atoms with van der Waals surface area (Å²) in [5.41, 5.74) is 2.13. The summed E-state index contributed by atoms with van der Waals surface area (Å²) in [5, 5.41) is 6.09. The fourth-order valence-electron chi connectivity index (χ4n) is 2.61. The fraction of sp³-hybridized carbons (Fsp3) is 0.190. The minimum atomic E-state index is -0.245. The second kappa shape index (κ2) is 8.80. The van der Waals surface area contributed by atoms with Crippen molar-refractivity contribution in [2.24, 2.45) is 0 Å². The van der Waals surface area contributed by atoms with Gasteiger partial charge in [-0.05, 0) is 31.5 Å². The van der Waals surface area contributed by atoms with Crippen molar-refractivity contribution in [2.45, 2.75) is 20.4 Å². The van der Waals surface area contributed by atoms with Crippen molar-refractivity contribution in [3.63, 3.8) is 0 Å². The molecule has 1 amide bonds. The minimum absolute atomic E-state index is 0.245. The monoisotopic (exact) mass is 362 g/mol. The first-order chi connectivity index (χ1) is 13.2. The smallest absolute Gasteiger partial charge is 0.270 e. The number of aromatic nitrogens is 2. The maximum absolute atomic E-state index is 12.5. The van der Waals surface area contributed by atoms with Crippen LogP contribution in [0.15, 0.2) is 60.7 Å². The van der Waals surface area contributed by atoms with Crippen LogP contribution in [0.4, 0.5) is 11.5 Å². The van der Waals surface area contributed by atoms with Crippen molar-refractivity contribution in [1.29, 1.82) is 0 Å². The van der Waals surface area contributed by atoms with E-state index < -0.39 is 0 Å². The van der Waals surface area contributed by atoms with Crippen LogP contribution < -0.4 is 15.4 Å². The van der Waals surface area contributed by atoms with E-state index in [1.54, 1.807) is 13.0 Å². The number of carbonyl (C=O) groups is 1. The number of hydrogen-bond acceptors (Lipinski definition) is 5. The Kier molecular flexibility index (Phi) is 5.99. The van der Waals surface area contributed by atoms with Crippen molar-refractivity contribution >= 4 is 17.4 Å². The van der Waals surface area contributed by atoms with Gasteiger partial charge < -0.3 is 15.4 Å². The van der Waals surface area contributed by atoms with E-state index in [1.165, 1.54) is 0 Å². The highest BCUT2D eigenvalue weighted by Crippen LogP contribution is 2.26. The lowest BCUT2D eigenvalue weighted by atomic mass is 10.2. The van der Waals surface area contributed by atoms with Crippen molar-refractivity contribution in [2.75, 3.05) is 11.9 Å². The van der Waals surface area contributed by atoms with Gasteiger partial charge in [-0.3, -0.25) is 4.79 Å². The zero-order chi connectivity index (χ0) is 19.1. The average Bonchev–Trinajstić information content (AvgIpc) is 2.68. The summed E-state index contributed by atoms with van der Waals surface area (Å²) in [7, 11) is 0. The molecule has 0 saturated carbocycles. The molecular formula is C21H22N4O2. The van der Waals surface area contributed by atoms with Crippen molar-refractivity contribution in [3.8, 4) is 5.75 Å². The number of rotatable bonds is 7. The third kappa shape index (κ3) is 5.04. The van der Waals surface area contributed by atoms with Crippen LogP contribution in [-0.4, -0.2) is 22.5 Å². The second-order valence-electron chi connectivity index (χ2n) is 5.91. The van der Waals surface area contributed by atoms with E-state index in [9.17, 15) is 4.79 Å². The van der Waals surface area contributed by atoms with Gasteiger partial charge in [0.15, 0.2) is 0 Å². The quantitative estimate of drug-likeness (QED) is 0.667. The number of ether oxygens (including phenoxy) is 1. The highest BCUT2D eigenvalue weighted by molar-refractivity contribution is 5.93. The maximum atomic E-state index is 12.5. The fourth-order valence-corrected chi connectivity index (χ4v) is 2.61. The number of para-hydroxylation sites is 2. The maximum Gasteiger partial charge on any atom is 0.270 e. The zero-order valence-corrected chi connectivity index (χ0v) is 15.4. The summed E-state index contributed by atoms with van der Waals surface area (Å²) in [6.45, 7) is 4.70. The second-order valence-corrected chi connectivity index (χ2v) is 5.91. The zero-order valence-electron chi connectivity index (χ0n) is 15.4. The van der Waals surface area contributed by atoms with Gasteiger partial charge in [-0.1, -0.05) is 42.5 Å². The molecule has 0 fully saturated rings. The molecule has 0 bridgehead atoms. The van der Waals surface area contributed by atoms with Crippen molar-refractivity contribution < 1.29 is 9.53 Å². The van der Waals surface area contributed by atoms with Crippen LogP contribution in [0.25, 0.3) is 0 Å². The molecule has 0 atom stereocenters. The van der Waals surface area contributed by atoms with Crippen LogP contribution in [-0.2, 0) is 6.54 Å². The molecule has 0 aliphatic carbocycles. The SMILES string of the molecule is CCOc1ccccc1Nc1cc(C(=O)NCc2ccccc2)nc(C)n1. The van der Waals surface area contributed by atoms with Gasteiger partial charge in [0.05, 0.1) is 12.3 Å². The first kappa shape index (κ1) is 18.4. The van der Waals surface area contributed by atoms with Crippen LogP contribution in [0.3, 0.4) is 0 Å². The Balaban J connectivity index is 1.75. The number of anilines is 2. The van der Waals surface area contributed by atoms with Gasteiger partial charge in [0.2, 0.25) is 0 Å². The predicted molar refractivity (Wildman–Crippen MR) is 105 cm³/mol. The lowest BCUT2D eigenvalue weighted by Gasteiger charge is -2.13. The Labute approximate surface area is 158 Å². The molecule has 0 aliphatic heterocycles. The van der Waals surface area contributed by atoms with Gasteiger partial charge >= 0.3 is 0 Å². The van der Waals surface area contributed by atoms with Gasteiger partial charge in [0, 0.05) is 12.6 Å². The topological polar surface area (TPSA) is 76.1 Å². The normalized spacial score (nSPS) is 10.3. The highest BCUT2D eigenvalue weighted by Gasteiger charge is 2.12. The Morgan fingerprint density at radius 3 is 2.56 bits per heavy atom. The lowest BCUT2D eigenvalue weighted by molar-refractivity contribution is 0.0945. The Morgan fingerprint density at radius 1 is 1.04 bits per heavy atom. The van der Waals surface area contributed by atoms with Crippen LogP contribution in [0.1, 0.15) is 28.8 Å². The molecule has 2 aromatic carbocycles. The third-order valence-electron chi connectivity index (χ3n) is 3.82. The highest BCUT2D eigenvalue weighted by atomic mass is 16.5. The largest absolute Gasteiger partial charge is 0.492 e. The average molecular weight is 362 g/mol. The number of nitrogens with zero attached hydrogens (tertiary/aromatic N) is 2. The number of nitrogens with one attached hydrogen (secondary N) is 2. The molecule has 27 heavy (non-hydrogen) atoms. The molecule has 0 unspecified atom stereocenters. The van der Waals surface area contributed by atoms with Gasteiger partial charge in [-0.15, -0.1) is 0 Å². The van der Waals surface area contributed by atoms with E-state index in [2.05, 4.69) is 20.6 Å². The van der Waals surface area contributed by atoms with E-state index in [0.29, 0.717) is 30.5 Å². The number of hydrogen-bond donors (Lipinski definition) is 2. The molecule has 1 heterocycles. The number of amides is 1. The molecule has 1 aromatic heterocycles. The van der Waals surface area contributed by atoms with Crippen LogP contribution in [0.5, 0.6) is 5.75 Å². The minimum Gasteiger partial charge on any atom is -0.492 e. The van der Waals surface area contributed by atoms with E-state index in [1.807, 2.05) is 61.5 Å². The van der Waals surface area contributed by atoms with Crippen molar-refractivity contribution in [1.82, 2.24) is 15.3 Å². The van der Waals surface area contributed by atoms with E-state index in [4.69, 9.17) is 4.74 Å². The van der Waals surface area contributed by atoms with E-state index >= 15 is 0 Å². The van der Waals surface area contributed by atoms with Crippen LogP contribution >= 0.6 is 0 Å². The molecule has 6 heteroatoms. The van der Waals surface area contributed by atoms with E-state index in [-0.39, 0.29) is 5.91 Å².